The lowest BCUT2D eigenvalue weighted by molar-refractivity contribution is 1.28. The minimum absolute atomic E-state index is 0.304. The summed E-state index contributed by atoms with van der Waals surface area (Å²) in [6.07, 6.45) is 4.29. The van der Waals surface area contributed by atoms with Crippen molar-refractivity contribution in [2.75, 3.05) is 5.32 Å². The summed E-state index contributed by atoms with van der Waals surface area (Å²) in [5.41, 5.74) is 2.38. The van der Waals surface area contributed by atoms with E-state index in [1.807, 2.05) is 36.0 Å². The number of nitrogens with one attached hydrogen (secondary N) is 1. The van der Waals surface area contributed by atoms with E-state index >= 15 is 0 Å². The molecule has 0 bridgehead atoms. The minimum atomic E-state index is 0.304. The zero-order chi connectivity index (χ0) is 12.4. The monoisotopic (exact) mass is 273 g/mol. The fraction of sp³-hybridized carbons (Fsp3) is 0.0667. The molecule has 3 heteroatoms. The molecule has 2 aromatic carbocycles. The van der Waals surface area contributed by atoms with E-state index in [1.54, 1.807) is 0 Å². The van der Waals surface area contributed by atoms with Crippen molar-refractivity contribution in [3.05, 3.63) is 65.2 Å². The minimum Gasteiger partial charge on any atom is -0.369 e. The molecule has 2 aromatic rings. The molecule has 18 heavy (non-hydrogen) atoms. The number of halogens is 1. The van der Waals surface area contributed by atoms with Gasteiger partial charge in [-0.25, -0.2) is 0 Å². The third-order valence-corrected chi connectivity index (χ3v) is 4.16. The normalized spacial score (nSPS) is 17.7. The Bertz CT molecular complexity index is 552. The molecule has 1 aliphatic rings. The van der Waals surface area contributed by atoms with Gasteiger partial charge in [-0.3, -0.25) is 0 Å². The highest BCUT2D eigenvalue weighted by molar-refractivity contribution is 8.00. The van der Waals surface area contributed by atoms with Crippen LogP contribution in [0.3, 0.4) is 0 Å². The average molecular weight is 274 g/mol. The van der Waals surface area contributed by atoms with E-state index in [-0.39, 0.29) is 0 Å². The highest BCUT2D eigenvalue weighted by Crippen LogP contribution is 2.38. The Hall–Kier alpha value is -1.38. The van der Waals surface area contributed by atoms with Gasteiger partial charge in [-0.05, 0) is 29.8 Å². The van der Waals surface area contributed by atoms with Gasteiger partial charge >= 0.3 is 0 Å². The highest BCUT2D eigenvalue weighted by Gasteiger charge is 2.17. The molecule has 1 nitrogen and oxygen atoms in total. The Labute approximate surface area is 116 Å². The van der Waals surface area contributed by atoms with Gasteiger partial charge in [0.05, 0.1) is 5.37 Å². The van der Waals surface area contributed by atoms with Crippen molar-refractivity contribution in [2.45, 2.75) is 10.3 Å². The number of hydrogen-bond donors (Lipinski definition) is 1. The van der Waals surface area contributed by atoms with Crippen molar-refractivity contribution < 1.29 is 0 Å². The summed E-state index contributed by atoms with van der Waals surface area (Å²) >= 11 is 7.69. The Morgan fingerprint density at radius 1 is 1.06 bits per heavy atom. The van der Waals surface area contributed by atoms with Crippen molar-refractivity contribution in [3.63, 3.8) is 0 Å². The lowest BCUT2D eigenvalue weighted by atomic mass is 10.2. The van der Waals surface area contributed by atoms with Gasteiger partial charge in [-0.2, -0.15) is 0 Å². The summed E-state index contributed by atoms with van der Waals surface area (Å²) < 4.78 is 0. The SMILES string of the molecule is Clc1ccc(C=CC2Nc3ccccc3S2)cc1. The van der Waals surface area contributed by atoms with Gasteiger partial charge < -0.3 is 5.32 Å². The molecule has 90 valence electrons. The first-order valence-corrected chi connectivity index (χ1v) is 7.03. The Balaban J connectivity index is 1.71. The van der Waals surface area contributed by atoms with Gasteiger partial charge in [-0.1, -0.05) is 59.8 Å². The Morgan fingerprint density at radius 2 is 1.83 bits per heavy atom. The third-order valence-electron chi connectivity index (χ3n) is 2.77. The van der Waals surface area contributed by atoms with Crippen molar-refractivity contribution in [1.82, 2.24) is 0 Å². The van der Waals surface area contributed by atoms with Crippen LogP contribution in [0.4, 0.5) is 5.69 Å². The molecule has 0 aromatic heterocycles. The van der Waals surface area contributed by atoms with Gasteiger partial charge in [0, 0.05) is 15.6 Å². The maximum atomic E-state index is 5.86. The topological polar surface area (TPSA) is 12.0 Å². The number of benzene rings is 2. The maximum absolute atomic E-state index is 5.86. The highest BCUT2D eigenvalue weighted by atomic mass is 35.5. The second-order valence-corrected chi connectivity index (χ2v) is 5.71. The summed E-state index contributed by atoms with van der Waals surface area (Å²) in [6.45, 7) is 0. The molecule has 0 spiro atoms. The molecule has 1 atom stereocenters. The standard InChI is InChI=1S/C15H12ClNS/c16-12-8-5-11(6-9-12)7-10-15-17-13-3-1-2-4-14(13)18-15/h1-10,15,17H. The van der Waals surface area contributed by atoms with Crippen LogP contribution < -0.4 is 5.32 Å². The molecule has 1 unspecified atom stereocenters. The molecule has 1 aliphatic heterocycles. The van der Waals surface area contributed by atoms with Crippen molar-refractivity contribution in [2.24, 2.45) is 0 Å². The Kier molecular flexibility index (Phi) is 3.31. The lowest BCUT2D eigenvalue weighted by Gasteiger charge is -2.03. The molecule has 0 saturated carbocycles. The number of fused-ring (bicyclic) bond motifs is 1. The maximum Gasteiger partial charge on any atom is 0.0960 e. The number of thioether (sulfide) groups is 1. The number of rotatable bonds is 2. The molecule has 0 amide bonds. The molecule has 0 saturated heterocycles. The molecular weight excluding hydrogens is 262 g/mol. The van der Waals surface area contributed by atoms with Crippen LogP contribution in [0.5, 0.6) is 0 Å². The van der Waals surface area contributed by atoms with E-state index in [2.05, 4.69) is 41.7 Å². The lowest BCUT2D eigenvalue weighted by Crippen LogP contribution is -2.05. The molecule has 0 aliphatic carbocycles. The largest absolute Gasteiger partial charge is 0.369 e. The smallest absolute Gasteiger partial charge is 0.0960 e. The van der Waals surface area contributed by atoms with Crippen LogP contribution >= 0.6 is 23.4 Å². The zero-order valence-corrected chi connectivity index (χ0v) is 11.2. The van der Waals surface area contributed by atoms with Gasteiger partial charge in [-0.15, -0.1) is 0 Å². The second kappa shape index (κ2) is 5.09. The summed E-state index contributed by atoms with van der Waals surface area (Å²) in [5, 5.41) is 4.54. The van der Waals surface area contributed by atoms with E-state index in [4.69, 9.17) is 11.6 Å². The predicted molar refractivity (Wildman–Crippen MR) is 80.2 cm³/mol. The van der Waals surface area contributed by atoms with Crippen LogP contribution in [-0.2, 0) is 0 Å². The Morgan fingerprint density at radius 3 is 2.61 bits per heavy atom. The summed E-state index contributed by atoms with van der Waals surface area (Å²) in [4.78, 5) is 1.31. The van der Waals surface area contributed by atoms with E-state index in [0.717, 1.165) is 10.6 Å². The molecule has 3 rings (SSSR count). The van der Waals surface area contributed by atoms with Crippen LogP contribution in [0, 0.1) is 0 Å². The molecule has 1 heterocycles. The fourth-order valence-electron chi connectivity index (χ4n) is 1.87. The zero-order valence-electron chi connectivity index (χ0n) is 9.64. The molecular formula is C15H12ClNS. The predicted octanol–water partition coefficient (Wildman–Crippen LogP) is 4.90. The van der Waals surface area contributed by atoms with Crippen LogP contribution in [-0.4, -0.2) is 5.37 Å². The number of hydrogen-bond acceptors (Lipinski definition) is 2. The van der Waals surface area contributed by atoms with Crippen molar-refractivity contribution >= 4 is 35.1 Å². The van der Waals surface area contributed by atoms with Gasteiger partial charge in [0.1, 0.15) is 0 Å². The third kappa shape index (κ3) is 2.55. The number of anilines is 1. The van der Waals surface area contributed by atoms with Crippen molar-refractivity contribution in [3.8, 4) is 0 Å². The van der Waals surface area contributed by atoms with Crippen LogP contribution in [0.2, 0.25) is 5.02 Å². The van der Waals surface area contributed by atoms with E-state index < -0.39 is 0 Å². The first-order chi connectivity index (χ1) is 8.81. The molecule has 0 fully saturated rings. The van der Waals surface area contributed by atoms with E-state index in [1.165, 1.54) is 10.6 Å². The second-order valence-electron chi connectivity index (χ2n) is 4.09. The quantitative estimate of drug-likeness (QED) is 0.835. The summed E-state index contributed by atoms with van der Waals surface area (Å²) in [5.74, 6) is 0. The van der Waals surface area contributed by atoms with Crippen LogP contribution in [0.15, 0.2) is 59.5 Å². The molecule has 0 radical (unpaired) electrons. The summed E-state index contributed by atoms with van der Waals surface area (Å²) in [7, 11) is 0. The van der Waals surface area contributed by atoms with Crippen LogP contribution in [0.1, 0.15) is 5.56 Å². The van der Waals surface area contributed by atoms with Crippen molar-refractivity contribution in [1.29, 1.82) is 0 Å². The van der Waals surface area contributed by atoms with Gasteiger partial charge in [0.2, 0.25) is 0 Å². The first kappa shape index (κ1) is 11.7. The van der Waals surface area contributed by atoms with Gasteiger partial charge in [0.15, 0.2) is 0 Å². The van der Waals surface area contributed by atoms with Crippen LogP contribution in [0.25, 0.3) is 6.08 Å². The first-order valence-electron chi connectivity index (χ1n) is 5.77. The summed E-state index contributed by atoms with van der Waals surface area (Å²) in [6, 6.07) is 16.2. The fourth-order valence-corrected chi connectivity index (χ4v) is 3.02. The van der Waals surface area contributed by atoms with E-state index in [9.17, 15) is 0 Å². The molecule has 1 N–H and O–H groups in total. The van der Waals surface area contributed by atoms with Gasteiger partial charge in [0.25, 0.3) is 0 Å². The van der Waals surface area contributed by atoms with E-state index in [0.29, 0.717) is 5.37 Å². The number of para-hydroxylation sites is 1. The average Bonchev–Trinajstić information content (AvgIpc) is 2.81.